The lowest BCUT2D eigenvalue weighted by Gasteiger charge is -2.32. The Morgan fingerprint density at radius 2 is 1.79 bits per heavy atom. The minimum atomic E-state index is -4.11. The molecule has 29 heavy (non-hydrogen) atoms. The lowest BCUT2D eigenvalue weighted by Crippen LogP contribution is -2.47. The molecular formula is C20H18N2O6S. The van der Waals surface area contributed by atoms with E-state index in [-0.39, 0.29) is 22.8 Å². The number of hydrogen-bond donors (Lipinski definition) is 0. The number of fused-ring (bicyclic) bond motifs is 1. The summed E-state index contributed by atoms with van der Waals surface area (Å²) in [5.74, 6) is -0.186. The lowest BCUT2D eigenvalue weighted by molar-refractivity contribution is -0.384. The fourth-order valence-electron chi connectivity index (χ4n) is 3.73. The zero-order chi connectivity index (χ0) is 20.8. The summed E-state index contributed by atoms with van der Waals surface area (Å²) in [4.78, 5) is 22.3. The van der Waals surface area contributed by atoms with E-state index in [4.69, 9.17) is 4.74 Å². The number of allylic oxidation sites excluding steroid dienone is 1. The summed E-state index contributed by atoms with van der Waals surface area (Å²) >= 11 is 0. The summed E-state index contributed by atoms with van der Waals surface area (Å²) in [6.45, 7) is 1.75. The van der Waals surface area contributed by atoms with Crippen molar-refractivity contribution >= 4 is 21.5 Å². The van der Waals surface area contributed by atoms with E-state index in [1.807, 2.05) is 6.07 Å². The smallest absolute Gasteiger partial charge is 0.269 e. The first kappa shape index (κ1) is 19.4. The minimum absolute atomic E-state index is 0.0114. The third kappa shape index (κ3) is 3.27. The number of nitrogens with zero attached hydrogens (tertiary/aromatic N) is 2. The summed E-state index contributed by atoms with van der Waals surface area (Å²) < 4.78 is 34.5. The van der Waals surface area contributed by atoms with Crippen LogP contribution >= 0.6 is 0 Å². The molecule has 3 atom stereocenters. The Morgan fingerprint density at radius 1 is 1.14 bits per heavy atom. The summed E-state index contributed by atoms with van der Waals surface area (Å²) in [5, 5.41) is 10.9. The van der Waals surface area contributed by atoms with Crippen LogP contribution in [0.25, 0.3) is 0 Å². The maximum atomic E-state index is 13.5. The molecule has 2 aliphatic rings. The van der Waals surface area contributed by atoms with E-state index < -0.39 is 32.8 Å². The van der Waals surface area contributed by atoms with E-state index >= 15 is 0 Å². The van der Waals surface area contributed by atoms with Crippen molar-refractivity contribution in [2.75, 3.05) is 0 Å². The number of benzene rings is 2. The average Bonchev–Trinajstić information content (AvgIpc) is 3.02. The maximum Gasteiger partial charge on any atom is 0.269 e. The van der Waals surface area contributed by atoms with Crippen LogP contribution < -0.4 is 0 Å². The second kappa shape index (κ2) is 6.87. The van der Waals surface area contributed by atoms with E-state index in [2.05, 4.69) is 0 Å². The number of hydrogen-bond acceptors (Lipinski definition) is 6. The Balaban J connectivity index is 1.83. The Hall–Kier alpha value is -2.88. The second-order valence-corrected chi connectivity index (χ2v) is 9.01. The molecule has 1 fully saturated rings. The molecule has 1 heterocycles. The Labute approximate surface area is 167 Å². The second-order valence-electron chi connectivity index (χ2n) is 7.17. The van der Waals surface area contributed by atoms with Crippen LogP contribution in [0.2, 0.25) is 0 Å². The van der Waals surface area contributed by atoms with Crippen LogP contribution in [-0.2, 0) is 19.6 Å². The summed E-state index contributed by atoms with van der Waals surface area (Å²) in [6, 6.07) is 12.8. The van der Waals surface area contributed by atoms with E-state index in [0.717, 1.165) is 12.1 Å². The highest BCUT2D eigenvalue weighted by molar-refractivity contribution is 7.89. The van der Waals surface area contributed by atoms with Gasteiger partial charge in [0, 0.05) is 18.6 Å². The number of rotatable bonds is 4. The van der Waals surface area contributed by atoms with Crippen LogP contribution in [0.1, 0.15) is 25.1 Å². The monoisotopic (exact) mass is 414 g/mol. The van der Waals surface area contributed by atoms with Gasteiger partial charge in [0.1, 0.15) is 5.60 Å². The van der Waals surface area contributed by atoms with E-state index in [9.17, 15) is 23.3 Å². The maximum absolute atomic E-state index is 13.5. The zero-order valence-electron chi connectivity index (χ0n) is 15.5. The molecule has 150 valence electrons. The lowest BCUT2D eigenvalue weighted by atomic mass is 9.87. The Morgan fingerprint density at radius 3 is 2.41 bits per heavy atom. The number of carbonyl (C=O) groups is 1. The first-order chi connectivity index (χ1) is 13.7. The van der Waals surface area contributed by atoms with Crippen molar-refractivity contribution in [3.63, 3.8) is 0 Å². The van der Waals surface area contributed by atoms with Crippen LogP contribution in [0.3, 0.4) is 0 Å². The summed E-state index contributed by atoms with van der Waals surface area (Å²) in [5.41, 5.74) is -0.543. The molecule has 8 nitrogen and oxygen atoms in total. The normalized spacial score (nSPS) is 27.0. The Bertz CT molecular complexity index is 1100. The quantitative estimate of drug-likeness (QED) is 0.562. The van der Waals surface area contributed by atoms with Gasteiger partial charge < -0.3 is 4.74 Å². The fourth-order valence-corrected chi connectivity index (χ4v) is 5.49. The van der Waals surface area contributed by atoms with Gasteiger partial charge in [0.2, 0.25) is 10.0 Å². The van der Waals surface area contributed by atoms with Crippen molar-refractivity contribution in [3.8, 4) is 0 Å². The SMILES string of the molecule is C[C@]12C=CC(=O)C[C@H]1N(S(=O)(=O)c1ccc([N+](=O)[O-])cc1)[C@@H](c1ccccc1)O2. The fraction of sp³-hybridized carbons (Fsp3) is 0.250. The molecule has 0 radical (unpaired) electrons. The number of ketones is 1. The molecule has 0 spiro atoms. The number of sulfonamides is 1. The number of carbonyl (C=O) groups excluding carboxylic acids is 1. The van der Waals surface area contributed by atoms with Crippen molar-refractivity contribution in [3.05, 3.63) is 82.4 Å². The highest BCUT2D eigenvalue weighted by Crippen LogP contribution is 2.47. The van der Waals surface area contributed by atoms with E-state index in [1.165, 1.54) is 22.5 Å². The van der Waals surface area contributed by atoms with Gasteiger partial charge in [-0.1, -0.05) is 30.3 Å². The molecule has 1 aliphatic carbocycles. The first-order valence-corrected chi connectivity index (χ1v) is 10.4. The minimum Gasteiger partial charge on any atom is -0.346 e. The highest BCUT2D eigenvalue weighted by Gasteiger charge is 2.56. The molecule has 0 unspecified atom stereocenters. The molecule has 0 bridgehead atoms. The summed E-state index contributed by atoms with van der Waals surface area (Å²) in [7, 11) is -4.11. The topological polar surface area (TPSA) is 107 Å². The third-order valence-corrected chi connectivity index (χ3v) is 7.14. The molecule has 4 rings (SSSR count). The number of non-ortho nitro benzene ring substituents is 1. The van der Waals surface area contributed by atoms with Crippen LogP contribution in [0.5, 0.6) is 0 Å². The van der Waals surface area contributed by atoms with Gasteiger partial charge in [-0.2, -0.15) is 4.31 Å². The van der Waals surface area contributed by atoms with Gasteiger partial charge in [0.15, 0.2) is 12.0 Å². The van der Waals surface area contributed by atoms with Crippen LogP contribution in [0, 0.1) is 10.1 Å². The average molecular weight is 414 g/mol. The van der Waals surface area contributed by atoms with Crippen molar-refractivity contribution < 1.29 is 22.9 Å². The molecular weight excluding hydrogens is 396 g/mol. The van der Waals surface area contributed by atoms with Gasteiger partial charge in [0.05, 0.1) is 15.9 Å². The zero-order valence-corrected chi connectivity index (χ0v) is 16.3. The molecule has 0 N–H and O–H groups in total. The number of ether oxygens (including phenoxy) is 1. The third-order valence-electron chi connectivity index (χ3n) is 5.27. The predicted molar refractivity (Wildman–Crippen MR) is 103 cm³/mol. The van der Waals surface area contributed by atoms with Crippen LogP contribution in [0.4, 0.5) is 5.69 Å². The molecule has 0 aromatic heterocycles. The van der Waals surface area contributed by atoms with E-state index in [0.29, 0.717) is 5.56 Å². The van der Waals surface area contributed by atoms with Crippen molar-refractivity contribution in [1.82, 2.24) is 4.31 Å². The standard InChI is InChI=1S/C20H18N2O6S/c1-20-12-11-16(23)13-18(20)21(19(28-20)14-5-3-2-4-6-14)29(26,27)17-9-7-15(8-10-17)22(24)25/h2-12,18-19H,13H2,1H3/t18-,19-,20+/m1/s1. The van der Waals surface area contributed by atoms with E-state index in [1.54, 1.807) is 37.3 Å². The molecule has 9 heteroatoms. The van der Waals surface area contributed by atoms with Crippen molar-refractivity contribution in [2.45, 2.75) is 36.1 Å². The highest BCUT2D eigenvalue weighted by atomic mass is 32.2. The van der Waals surface area contributed by atoms with Crippen molar-refractivity contribution in [1.29, 1.82) is 0 Å². The summed E-state index contributed by atoms with van der Waals surface area (Å²) in [6.07, 6.45) is 2.08. The van der Waals surface area contributed by atoms with Gasteiger partial charge in [-0.15, -0.1) is 0 Å². The van der Waals surface area contributed by atoms with Crippen molar-refractivity contribution in [2.24, 2.45) is 0 Å². The first-order valence-electron chi connectivity index (χ1n) is 8.95. The largest absolute Gasteiger partial charge is 0.346 e. The van der Waals surface area contributed by atoms with Gasteiger partial charge in [-0.3, -0.25) is 14.9 Å². The van der Waals surface area contributed by atoms with Gasteiger partial charge in [-0.25, -0.2) is 8.42 Å². The molecule has 2 aromatic carbocycles. The van der Waals surface area contributed by atoms with Gasteiger partial charge in [-0.05, 0) is 36.8 Å². The van der Waals surface area contributed by atoms with Gasteiger partial charge >= 0.3 is 0 Å². The predicted octanol–water partition coefficient (Wildman–Crippen LogP) is 2.97. The van der Waals surface area contributed by atoms with Crippen LogP contribution in [0.15, 0.2) is 71.6 Å². The molecule has 2 aromatic rings. The number of nitro groups is 1. The number of nitro benzene ring substituents is 1. The molecule has 1 saturated heterocycles. The van der Waals surface area contributed by atoms with Crippen LogP contribution in [-0.4, -0.2) is 35.1 Å². The Kier molecular flexibility index (Phi) is 4.60. The van der Waals surface area contributed by atoms with Gasteiger partial charge in [0.25, 0.3) is 5.69 Å². The molecule has 0 saturated carbocycles. The molecule has 1 aliphatic heterocycles. The molecule has 0 amide bonds.